The number of rotatable bonds is 12. The van der Waals surface area contributed by atoms with Crippen LogP contribution in [-0.2, 0) is 4.79 Å². The van der Waals surface area contributed by atoms with Crippen LogP contribution in [0.5, 0.6) is 5.75 Å². The Balaban J connectivity index is 1.62. The first-order chi connectivity index (χ1) is 15.5. The van der Waals surface area contributed by atoms with Crippen LogP contribution in [0.4, 0.5) is 0 Å². The molecule has 0 bridgehead atoms. The van der Waals surface area contributed by atoms with Gasteiger partial charge in [0.25, 0.3) is 0 Å². The highest BCUT2D eigenvalue weighted by Gasteiger charge is 2.31. The molecule has 0 amide bonds. The summed E-state index contributed by atoms with van der Waals surface area (Å²) < 4.78 is 5.34. The number of hydrogen-bond donors (Lipinski definition) is 2. The average Bonchev–Trinajstić information content (AvgIpc) is 2.80. The number of hydrogen-bond acceptors (Lipinski definition) is 6. The average molecular weight is 461 g/mol. The van der Waals surface area contributed by atoms with Crippen LogP contribution in [0, 0.1) is 11.8 Å². The molecule has 7 heteroatoms. The van der Waals surface area contributed by atoms with E-state index in [0.717, 1.165) is 60.4 Å². The van der Waals surface area contributed by atoms with Crippen LogP contribution in [0.3, 0.4) is 0 Å². The van der Waals surface area contributed by atoms with E-state index in [1.807, 2.05) is 36.0 Å². The lowest BCUT2D eigenvalue weighted by atomic mass is 9.79. The highest BCUT2D eigenvalue weighted by atomic mass is 32.2. The summed E-state index contributed by atoms with van der Waals surface area (Å²) in [5, 5.41) is 21.4. The standard InChI is InChI=1S/C25H36N2O4S/c1-3-13-32-14-12-27-11-9-18(19(17-27)15-25(29)30)4-7-24(28)21-8-10-26-23-6-5-20(31-2)16-22(21)23/h5-6,8,10,16,18-19,24,28H,3-4,7,9,11-15,17H2,1-2H3,(H,29,30)/t18-,19+,24?/m1/s1. The quantitative estimate of drug-likeness (QED) is 0.448. The van der Waals surface area contributed by atoms with Crippen LogP contribution < -0.4 is 4.74 Å². The molecule has 0 aliphatic carbocycles. The molecule has 2 aromatic rings. The smallest absolute Gasteiger partial charge is 0.303 e. The van der Waals surface area contributed by atoms with Crippen molar-refractivity contribution in [2.45, 2.75) is 45.1 Å². The van der Waals surface area contributed by atoms with E-state index in [4.69, 9.17) is 4.74 Å². The maximum Gasteiger partial charge on any atom is 0.303 e. The first-order valence-corrected chi connectivity index (χ1v) is 12.8. The van der Waals surface area contributed by atoms with Crippen molar-refractivity contribution in [1.29, 1.82) is 0 Å². The van der Waals surface area contributed by atoms with E-state index in [1.54, 1.807) is 13.3 Å². The maximum absolute atomic E-state index is 11.5. The molecule has 2 heterocycles. The number of fused-ring (bicyclic) bond motifs is 1. The Morgan fingerprint density at radius 3 is 2.91 bits per heavy atom. The number of aliphatic hydroxyl groups is 1. The van der Waals surface area contributed by atoms with Crippen molar-refractivity contribution < 1.29 is 19.7 Å². The number of ether oxygens (including phenoxy) is 1. The second-order valence-corrected chi connectivity index (χ2v) is 9.92. The van der Waals surface area contributed by atoms with Gasteiger partial charge >= 0.3 is 5.97 Å². The summed E-state index contributed by atoms with van der Waals surface area (Å²) in [5.74, 6) is 2.76. The van der Waals surface area contributed by atoms with E-state index in [1.165, 1.54) is 12.2 Å². The molecule has 0 spiro atoms. The molecule has 0 saturated carbocycles. The van der Waals surface area contributed by atoms with Crippen LogP contribution in [0.15, 0.2) is 30.5 Å². The van der Waals surface area contributed by atoms with Gasteiger partial charge in [0, 0.05) is 36.8 Å². The third-order valence-corrected chi connectivity index (χ3v) is 7.63. The summed E-state index contributed by atoms with van der Waals surface area (Å²) in [5.41, 5.74) is 1.69. The van der Waals surface area contributed by atoms with Gasteiger partial charge in [0.05, 0.1) is 18.7 Å². The van der Waals surface area contributed by atoms with E-state index >= 15 is 0 Å². The lowest BCUT2D eigenvalue weighted by Crippen LogP contribution is -2.42. The molecule has 1 fully saturated rings. The molecule has 1 aliphatic rings. The minimum atomic E-state index is -0.727. The number of thioether (sulfide) groups is 1. The largest absolute Gasteiger partial charge is 0.497 e. The minimum absolute atomic E-state index is 0.138. The van der Waals surface area contributed by atoms with Gasteiger partial charge in [-0.2, -0.15) is 11.8 Å². The van der Waals surface area contributed by atoms with Gasteiger partial charge in [-0.3, -0.25) is 9.78 Å². The number of methoxy groups -OCH3 is 1. The predicted molar refractivity (Wildman–Crippen MR) is 130 cm³/mol. The Morgan fingerprint density at radius 1 is 1.31 bits per heavy atom. The van der Waals surface area contributed by atoms with Gasteiger partial charge in [0.2, 0.25) is 0 Å². The topological polar surface area (TPSA) is 82.9 Å². The summed E-state index contributed by atoms with van der Waals surface area (Å²) >= 11 is 1.97. The number of pyridine rings is 1. The van der Waals surface area contributed by atoms with Crippen molar-refractivity contribution in [1.82, 2.24) is 9.88 Å². The fraction of sp³-hybridized carbons (Fsp3) is 0.600. The number of carboxylic acid groups (broad SMARTS) is 1. The number of benzene rings is 1. The monoisotopic (exact) mass is 460 g/mol. The molecule has 1 aromatic heterocycles. The summed E-state index contributed by atoms with van der Waals surface area (Å²) in [6.45, 7) is 5.08. The fourth-order valence-electron chi connectivity index (χ4n) is 4.73. The lowest BCUT2D eigenvalue weighted by molar-refractivity contribution is -0.139. The molecular formula is C25H36N2O4S. The van der Waals surface area contributed by atoms with Crippen molar-refractivity contribution in [2.75, 3.05) is 38.2 Å². The molecule has 0 radical (unpaired) electrons. The number of aromatic nitrogens is 1. The first kappa shape index (κ1) is 24.8. The van der Waals surface area contributed by atoms with Gasteiger partial charge < -0.3 is 19.8 Å². The number of aliphatic carboxylic acids is 1. The number of aliphatic hydroxyl groups excluding tert-OH is 1. The molecule has 1 saturated heterocycles. The Labute approximate surface area is 195 Å². The summed E-state index contributed by atoms with van der Waals surface area (Å²) in [7, 11) is 1.63. The van der Waals surface area contributed by atoms with E-state index in [-0.39, 0.29) is 12.3 Å². The summed E-state index contributed by atoms with van der Waals surface area (Å²) in [6, 6.07) is 7.57. The molecule has 1 unspecified atom stereocenters. The van der Waals surface area contributed by atoms with Gasteiger partial charge in [0.15, 0.2) is 0 Å². The van der Waals surface area contributed by atoms with Crippen molar-refractivity contribution in [3.63, 3.8) is 0 Å². The van der Waals surface area contributed by atoms with Gasteiger partial charge in [-0.15, -0.1) is 0 Å². The Hall–Kier alpha value is -1.83. The molecular weight excluding hydrogens is 424 g/mol. The molecule has 1 aliphatic heterocycles. The normalized spacial score (nSPS) is 20.3. The predicted octanol–water partition coefficient (Wildman–Crippen LogP) is 4.61. The Bertz CT molecular complexity index is 878. The van der Waals surface area contributed by atoms with Crippen LogP contribution >= 0.6 is 11.8 Å². The molecule has 176 valence electrons. The van der Waals surface area contributed by atoms with Crippen LogP contribution in [0.1, 0.15) is 50.7 Å². The lowest BCUT2D eigenvalue weighted by Gasteiger charge is -2.38. The van der Waals surface area contributed by atoms with E-state index in [9.17, 15) is 15.0 Å². The van der Waals surface area contributed by atoms with E-state index < -0.39 is 12.1 Å². The zero-order valence-corrected chi connectivity index (χ0v) is 20.0. The van der Waals surface area contributed by atoms with Gasteiger partial charge in [-0.1, -0.05) is 6.92 Å². The summed E-state index contributed by atoms with van der Waals surface area (Å²) in [6.07, 6.45) is 4.95. The van der Waals surface area contributed by atoms with Crippen molar-refractivity contribution in [3.05, 3.63) is 36.0 Å². The first-order valence-electron chi connectivity index (χ1n) is 11.6. The van der Waals surface area contributed by atoms with Crippen molar-refractivity contribution >= 4 is 28.6 Å². The Kier molecular flexibility index (Phi) is 9.63. The molecule has 2 N–H and O–H groups in total. The summed E-state index contributed by atoms with van der Waals surface area (Å²) in [4.78, 5) is 18.3. The van der Waals surface area contributed by atoms with Gasteiger partial charge in [0.1, 0.15) is 5.75 Å². The second kappa shape index (κ2) is 12.4. The zero-order chi connectivity index (χ0) is 22.9. The van der Waals surface area contributed by atoms with Crippen LogP contribution in [-0.4, -0.2) is 64.3 Å². The number of nitrogens with zero attached hydrogens (tertiary/aromatic N) is 2. The maximum atomic E-state index is 11.5. The molecule has 3 rings (SSSR count). The van der Waals surface area contributed by atoms with Gasteiger partial charge in [-0.05, 0) is 79.6 Å². The highest BCUT2D eigenvalue weighted by molar-refractivity contribution is 7.99. The van der Waals surface area contributed by atoms with Crippen molar-refractivity contribution in [2.24, 2.45) is 11.8 Å². The minimum Gasteiger partial charge on any atom is -0.497 e. The third-order valence-electron chi connectivity index (χ3n) is 6.46. The SMILES string of the molecule is CCCSCCN1CC[C@@H](CCC(O)c2ccnc3ccc(OC)cc23)[C@@H](CC(=O)O)C1. The second-order valence-electron chi connectivity index (χ2n) is 8.70. The zero-order valence-electron chi connectivity index (χ0n) is 19.2. The highest BCUT2D eigenvalue weighted by Crippen LogP contribution is 2.34. The number of carbonyl (C=O) groups is 1. The van der Waals surface area contributed by atoms with Crippen LogP contribution in [0.25, 0.3) is 10.9 Å². The molecule has 32 heavy (non-hydrogen) atoms. The van der Waals surface area contributed by atoms with E-state index in [2.05, 4.69) is 16.8 Å². The number of piperidine rings is 1. The molecule has 6 nitrogen and oxygen atoms in total. The van der Waals surface area contributed by atoms with E-state index in [0.29, 0.717) is 12.3 Å². The number of likely N-dealkylation sites (tertiary alicyclic amines) is 1. The van der Waals surface area contributed by atoms with Crippen molar-refractivity contribution in [3.8, 4) is 5.75 Å². The Morgan fingerprint density at radius 2 is 2.16 bits per heavy atom. The van der Waals surface area contributed by atoms with Gasteiger partial charge in [-0.25, -0.2) is 0 Å². The number of carboxylic acids is 1. The van der Waals surface area contributed by atoms with Crippen LogP contribution in [0.2, 0.25) is 0 Å². The fourth-order valence-corrected chi connectivity index (χ4v) is 5.61. The molecule has 1 aromatic carbocycles. The molecule has 3 atom stereocenters. The third kappa shape index (κ3) is 6.83.